The van der Waals surface area contributed by atoms with Gasteiger partial charge in [0.05, 0.1) is 28.3 Å². The lowest BCUT2D eigenvalue weighted by molar-refractivity contribution is 0.126. The van der Waals surface area contributed by atoms with E-state index in [1.165, 1.54) is 0 Å². The quantitative estimate of drug-likeness (QED) is 0.202. The van der Waals surface area contributed by atoms with Crippen molar-refractivity contribution in [3.8, 4) is 21.1 Å². The number of aliphatic hydroxyl groups is 1. The lowest BCUT2D eigenvalue weighted by Crippen LogP contribution is -2.28. The molecule has 1 aliphatic rings. The number of fused-ring (bicyclic) bond motifs is 4. The molecule has 0 unspecified atom stereocenters. The summed E-state index contributed by atoms with van der Waals surface area (Å²) in [4.78, 5) is 21.8. The smallest absolute Gasteiger partial charge is 0.154 e. The first-order valence-electron chi connectivity index (χ1n) is 14.6. The number of halogens is 1. The molecule has 13 heteroatoms. The molecule has 224 valence electrons. The van der Waals surface area contributed by atoms with E-state index >= 15 is 0 Å². The molecule has 8 aromatic rings. The van der Waals surface area contributed by atoms with E-state index in [2.05, 4.69) is 48.6 Å². The summed E-state index contributed by atoms with van der Waals surface area (Å²) in [7, 11) is 0. The molecule has 8 aromatic heterocycles. The Morgan fingerprint density at radius 3 is 1.89 bits per heavy atom. The van der Waals surface area contributed by atoms with Gasteiger partial charge in [0.2, 0.25) is 0 Å². The number of hydrogen-bond acceptors (Lipinski definition) is 10. The minimum Gasteiger partial charge on any atom is -0.393 e. The number of thiophene rings is 2. The first-order valence-corrected chi connectivity index (χ1v) is 16.6. The van der Waals surface area contributed by atoms with Crippen LogP contribution in [-0.4, -0.2) is 56.4 Å². The van der Waals surface area contributed by atoms with Gasteiger partial charge in [0.15, 0.2) is 11.3 Å². The fraction of sp³-hybridized carbons (Fsp3) is 0.188. The van der Waals surface area contributed by atoms with Gasteiger partial charge >= 0.3 is 0 Å². The normalized spacial score (nSPS) is 16.8. The summed E-state index contributed by atoms with van der Waals surface area (Å²) in [5, 5.41) is 24.9. The first-order chi connectivity index (χ1) is 22.1. The lowest BCUT2D eigenvalue weighted by Gasteiger charge is -2.26. The highest BCUT2D eigenvalue weighted by atomic mass is 35.5. The molecule has 0 amide bonds. The molecule has 10 nitrogen and oxygen atoms in total. The molecule has 0 aliphatic heterocycles. The van der Waals surface area contributed by atoms with Crippen molar-refractivity contribution in [3.05, 3.63) is 90.6 Å². The number of hydrogen-bond donors (Lipinski definition) is 2. The predicted molar refractivity (Wildman–Crippen MR) is 180 cm³/mol. The molecule has 0 radical (unpaired) electrons. The Morgan fingerprint density at radius 2 is 1.29 bits per heavy atom. The molecule has 1 fully saturated rings. The molecule has 2 N–H and O–H groups in total. The minimum absolute atomic E-state index is 0.148. The van der Waals surface area contributed by atoms with Gasteiger partial charge in [-0.2, -0.15) is 5.10 Å². The monoisotopic (exact) mass is 651 g/mol. The van der Waals surface area contributed by atoms with Crippen molar-refractivity contribution in [2.24, 2.45) is 0 Å². The molecule has 0 aromatic carbocycles. The molecule has 8 heterocycles. The highest BCUT2D eigenvalue weighted by Gasteiger charge is 2.20. The van der Waals surface area contributed by atoms with Gasteiger partial charge in [-0.1, -0.05) is 23.7 Å². The third-order valence-electron chi connectivity index (χ3n) is 7.83. The van der Waals surface area contributed by atoms with E-state index < -0.39 is 0 Å². The number of imidazole rings is 2. The van der Waals surface area contributed by atoms with Crippen molar-refractivity contribution < 1.29 is 5.11 Å². The summed E-state index contributed by atoms with van der Waals surface area (Å²) in [6.45, 7) is 0. The van der Waals surface area contributed by atoms with E-state index in [4.69, 9.17) is 16.7 Å². The third kappa shape index (κ3) is 5.61. The average Bonchev–Trinajstić information content (AvgIpc) is 3.85. The highest BCUT2D eigenvalue weighted by Crippen LogP contribution is 2.34. The van der Waals surface area contributed by atoms with Gasteiger partial charge in [0.25, 0.3) is 0 Å². The molecule has 1 saturated carbocycles. The zero-order chi connectivity index (χ0) is 30.3. The van der Waals surface area contributed by atoms with Crippen LogP contribution in [-0.2, 0) is 0 Å². The van der Waals surface area contributed by atoms with E-state index in [1.54, 1.807) is 39.5 Å². The van der Waals surface area contributed by atoms with Gasteiger partial charge in [0.1, 0.15) is 32.0 Å². The fourth-order valence-corrected chi connectivity index (χ4v) is 7.70. The highest BCUT2D eigenvalue weighted by molar-refractivity contribution is 7.22. The van der Waals surface area contributed by atoms with Crippen molar-refractivity contribution in [2.75, 3.05) is 5.32 Å². The molecule has 0 saturated heterocycles. The van der Waals surface area contributed by atoms with Crippen LogP contribution < -0.4 is 5.32 Å². The second-order valence-corrected chi connectivity index (χ2v) is 13.3. The van der Waals surface area contributed by atoms with E-state index in [9.17, 15) is 5.11 Å². The zero-order valence-electron chi connectivity index (χ0n) is 23.8. The largest absolute Gasteiger partial charge is 0.393 e. The number of nitrogens with zero attached hydrogens (tertiary/aromatic N) is 8. The number of aromatic nitrogens is 8. The maximum absolute atomic E-state index is 9.67. The van der Waals surface area contributed by atoms with Crippen molar-refractivity contribution in [3.63, 3.8) is 0 Å². The fourth-order valence-electron chi connectivity index (χ4n) is 5.57. The summed E-state index contributed by atoms with van der Waals surface area (Å²) in [5.41, 5.74) is 3.52. The van der Waals surface area contributed by atoms with Crippen LogP contribution in [0.25, 0.3) is 52.9 Å². The predicted octanol–water partition coefficient (Wildman–Crippen LogP) is 7.38. The van der Waals surface area contributed by atoms with Gasteiger partial charge in [-0.3, -0.25) is 0 Å². The summed E-state index contributed by atoms with van der Waals surface area (Å²) >= 11 is 9.22. The third-order valence-corrected chi connectivity index (χ3v) is 10.2. The van der Waals surface area contributed by atoms with Crippen LogP contribution >= 0.6 is 34.3 Å². The zero-order valence-corrected chi connectivity index (χ0v) is 26.2. The van der Waals surface area contributed by atoms with E-state index in [0.29, 0.717) is 11.2 Å². The van der Waals surface area contributed by atoms with Crippen LogP contribution in [0.5, 0.6) is 0 Å². The van der Waals surface area contributed by atoms with E-state index in [0.717, 1.165) is 84.4 Å². The number of nitrogens with one attached hydrogen (secondary N) is 1. The Morgan fingerprint density at radius 1 is 0.711 bits per heavy atom. The van der Waals surface area contributed by atoms with Gasteiger partial charge in [0, 0.05) is 29.2 Å². The molecule has 45 heavy (non-hydrogen) atoms. The molecule has 0 atom stereocenters. The Hall–Kier alpha value is -4.49. The second kappa shape index (κ2) is 11.8. The number of aliphatic hydroxyl groups excluding tert-OH is 1. The van der Waals surface area contributed by atoms with Gasteiger partial charge < -0.3 is 10.4 Å². The topological polar surface area (TPSA) is 118 Å². The number of anilines is 1. The summed E-state index contributed by atoms with van der Waals surface area (Å²) in [6, 6.07) is 20.2. The number of pyridine rings is 2. The second-order valence-electron chi connectivity index (χ2n) is 10.9. The SMILES string of the molecule is Clc1ccc2ncc(-c3cc4cccnc4s3)n2n1.OC1CCC(Nc2ccc3ncc(-c4cc5cccnc5s4)n3n2)CC1. The molecule has 9 rings (SSSR count). The Balaban J connectivity index is 0.000000140. The molecular formula is C32H26ClN9OS2. The molecule has 1 aliphatic carbocycles. The van der Waals surface area contributed by atoms with Crippen LogP contribution in [0, 0.1) is 0 Å². The Bertz CT molecular complexity index is 2220. The van der Waals surface area contributed by atoms with Crippen molar-refractivity contribution in [1.82, 2.24) is 39.2 Å². The maximum atomic E-state index is 9.67. The van der Waals surface area contributed by atoms with E-state index in [1.807, 2.05) is 59.5 Å². The molecule has 0 bridgehead atoms. The maximum Gasteiger partial charge on any atom is 0.154 e. The van der Waals surface area contributed by atoms with Gasteiger partial charge in [-0.15, -0.1) is 27.8 Å². The van der Waals surface area contributed by atoms with Crippen molar-refractivity contribution in [1.29, 1.82) is 0 Å². The first kappa shape index (κ1) is 28.0. The van der Waals surface area contributed by atoms with Gasteiger partial charge in [-0.05, 0) is 74.2 Å². The Kier molecular flexibility index (Phi) is 7.34. The van der Waals surface area contributed by atoms with Crippen LogP contribution in [0.2, 0.25) is 5.15 Å². The van der Waals surface area contributed by atoms with E-state index in [-0.39, 0.29) is 6.10 Å². The minimum atomic E-state index is -0.148. The Labute approximate surface area is 270 Å². The van der Waals surface area contributed by atoms with Crippen LogP contribution in [0.3, 0.4) is 0 Å². The summed E-state index contributed by atoms with van der Waals surface area (Å²) in [5.74, 6) is 0.845. The standard InChI is InChI=1S/C19H19N5OS.C13H7ClN4S/c25-14-5-3-13(4-6-14)22-17-7-8-18-21-11-15(24(18)23-17)16-10-12-2-1-9-20-19(12)26-16;14-11-3-4-12-16-7-9(18(12)17-11)10-6-8-2-1-5-15-13(8)19-10/h1-2,7-11,13-14,25H,3-6H2,(H,22,23);1-7H. The van der Waals surface area contributed by atoms with Crippen molar-refractivity contribution >= 4 is 71.8 Å². The summed E-state index contributed by atoms with van der Waals surface area (Å²) < 4.78 is 3.65. The van der Waals surface area contributed by atoms with Crippen LogP contribution in [0.1, 0.15) is 25.7 Å². The summed E-state index contributed by atoms with van der Waals surface area (Å²) in [6.07, 6.45) is 10.8. The lowest BCUT2D eigenvalue weighted by atomic mass is 9.93. The van der Waals surface area contributed by atoms with Crippen LogP contribution in [0.4, 0.5) is 5.82 Å². The molecule has 0 spiro atoms. The van der Waals surface area contributed by atoms with Crippen LogP contribution in [0.15, 0.2) is 85.5 Å². The molecular weight excluding hydrogens is 626 g/mol. The average molecular weight is 652 g/mol. The number of rotatable bonds is 4. The van der Waals surface area contributed by atoms with Gasteiger partial charge in [-0.25, -0.2) is 29.0 Å². The van der Waals surface area contributed by atoms with Crippen molar-refractivity contribution in [2.45, 2.75) is 37.8 Å².